The third-order valence-electron chi connectivity index (χ3n) is 3.67. The molecule has 0 spiro atoms. The van der Waals surface area contributed by atoms with Crippen LogP contribution in [0.4, 0.5) is 4.79 Å². The molecule has 7 nitrogen and oxygen atoms in total. The van der Waals surface area contributed by atoms with E-state index in [1.165, 1.54) is 7.05 Å². The molecule has 0 heterocycles. The summed E-state index contributed by atoms with van der Waals surface area (Å²) in [5, 5.41) is 16.9. The lowest BCUT2D eigenvalue weighted by atomic mass is 9.79. The molecule has 1 rings (SSSR count). The van der Waals surface area contributed by atoms with Crippen molar-refractivity contribution in [2.45, 2.75) is 32.1 Å². The molecule has 1 aliphatic rings. The van der Waals surface area contributed by atoms with Gasteiger partial charge in [-0.15, -0.1) is 0 Å². The van der Waals surface area contributed by atoms with Crippen LogP contribution in [0.5, 0.6) is 0 Å². The average molecular weight is 285 g/mol. The van der Waals surface area contributed by atoms with Crippen molar-refractivity contribution in [2.75, 3.05) is 20.1 Å². The molecule has 114 valence electrons. The van der Waals surface area contributed by atoms with Crippen molar-refractivity contribution < 1.29 is 19.5 Å². The van der Waals surface area contributed by atoms with E-state index < -0.39 is 5.97 Å². The summed E-state index contributed by atoms with van der Waals surface area (Å²) in [6, 6.07) is -0.358. The Bertz CT molecular complexity index is 360. The molecule has 2 atom stereocenters. The van der Waals surface area contributed by atoms with Crippen LogP contribution >= 0.6 is 0 Å². The maximum Gasteiger partial charge on any atom is 0.314 e. The summed E-state index contributed by atoms with van der Waals surface area (Å²) in [4.78, 5) is 33.6. The first-order valence-electron chi connectivity index (χ1n) is 6.99. The number of hydrogen-bond acceptors (Lipinski definition) is 3. The van der Waals surface area contributed by atoms with Gasteiger partial charge in [0.1, 0.15) is 0 Å². The molecule has 3 amide bonds. The Labute approximate surface area is 118 Å². The molecule has 1 saturated carbocycles. The molecule has 0 radical (unpaired) electrons. The lowest BCUT2D eigenvalue weighted by Crippen LogP contribution is -2.42. The van der Waals surface area contributed by atoms with Gasteiger partial charge < -0.3 is 21.1 Å². The number of carbonyl (C=O) groups excluding carboxylic acids is 2. The zero-order valence-electron chi connectivity index (χ0n) is 11.8. The summed E-state index contributed by atoms with van der Waals surface area (Å²) >= 11 is 0. The van der Waals surface area contributed by atoms with Gasteiger partial charge in [0.05, 0.1) is 5.92 Å². The van der Waals surface area contributed by atoms with Gasteiger partial charge in [-0.3, -0.25) is 9.59 Å². The summed E-state index contributed by atoms with van der Waals surface area (Å²) in [6.07, 6.45) is 3.68. The molecule has 2 unspecified atom stereocenters. The molecule has 0 bridgehead atoms. The summed E-state index contributed by atoms with van der Waals surface area (Å²) in [7, 11) is 1.54. The average Bonchev–Trinajstić information content (AvgIpc) is 2.45. The molecular formula is C13H23N3O4. The zero-order valence-corrected chi connectivity index (χ0v) is 11.8. The number of carboxylic acids is 1. The minimum absolute atomic E-state index is 0.00839. The Morgan fingerprint density at radius 2 is 1.85 bits per heavy atom. The largest absolute Gasteiger partial charge is 0.481 e. The van der Waals surface area contributed by atoms with Gasteiger partial charge in [-0.2, -0.15) is 0 Å². The highest BCUT2D eigenvalue weighted by molar-refractivity contribution is 5.78. The first-order valence-corrected chi connectivity index (χ1v) is 6.99. The fourth-order valence-corrected chi connectivity index (χ4v) is 2.48. The second-order valence-corrected chi connectivity index (χ2v) is 5.05. The normalized spacial score (nSPS) is 21.9. The van der Waals surface area contributed by atoms with E-state index in [4.69, 9.17) is 5.11 Å². The Balaban J connectivity index is 2.25. The van der Waals surface area contributed by atoms with Gasteiger partial charge in [0.15, 0.2) is 0 Å². The third-order valence-corrected chi connectivity index (χ3v) is 3.67. The minimum atomic E-state index is -0.781. The smallest absolute Gasteiger partial charge is 0.314 e. The monoisotopic (exact) mass is 285 g/mol. The van der Waals surface area contributed by atoms with E-state index in [1.807, 2.05) is 0 Å². The van der Waals surface area contributed by atoms with Crippen molar-refractivity contribution in [2.24, 2.45) is 11.8 Å². The van der Waals surface area contributed by atoms with Gasteiger partial charge in [-0.25, -0.2) is 4.79 Å². The summed E-state index contributed by atoms with van der Waals surface area (Å²) in [5.41, 5.74) is 0. The highest BCUT2D eigenvalue weighted by Crippen LogP contribution is 2.29. The number of carbonyl (C=O) groups is 3. The maximum atomic E-state index is 11.5. The first-order chi connectivity index (χ1) is 9.54. The van der Waals surface area contributed by atoms with Crippen molar-refractivity contribution in [1.82, 2.24) is 16.0 Å². The Morgan fingerprint density at radius 3 is 2.50 bits per heavy atom. The lowest BCUT2D eigenvalue weighted by Gasteiger charge is -2.28. The van der Waals surface area contributed by atoms with Gasteiger partial charge in [-0.1, -0.05) is 12.8 Å². The van der Waals surface area contributed by atoms with Crippen molar-refractivity contribution in [3.8, 4) is 0 Å². The van der Waals surface area contributed by atoms with Gasteiger partial charge in [0, 0.05) is 26.6 Å². The maximum absolute atomic E-state index is 11.5. The number of aliphatic carboxylic acids is 1. The molecular weight excluding hydrogens is 262 g/mol. The highest BCUT2D eigenvalue weighted by Gasteiger charge is 2.30. The van der Waals surface area contributed by atoms with Crippen LogP contribution in [-0.2, 0) is 9.59 Å². The molecule has 20 heavy (non-hydrogen) atoms. The quantitative estimate of drug-likeness (QED) is 0.563. The van der Waals surface area contributed by atoms with Crippen molar-refractivity contribution in [3.63, 3.8) is 0 Å². The summed E-state index contributed by atoms with van der Waals surface area (Å²) in [5.74, 6) is -1.29. The predicted octanol–water partition coefficient (Wildman–Crippen LogP) is 0.313. The predicted molar refractivity (Wildman–Crippen MR) is 73.2 cm³/mol. The van der Waals surface area contributed by atoms with Crippen molar-refractivity contribution >= 4 is 17.9 Å². The topological polar surface area (TPSA) is 108 Å². The van der Waals surface area contributed by atoms with E-state index in [-0.39, 0.29) is 36.7 Å². The van der Waals surface area contributed by atoms with E-state index in [0.717, 1.165) is 19.3 Å². The van der Waals surface area contributed by atoms with Crippen LogP contribution in [0.25, 0.3) is 0 Å². The minimum Gasteiger partial charge on any atom is -0.481 e. The number of carboxylic acid groups (broad SMARTS) is 1. The van der Waals surface area contributed by atoms with Crippen LogP contribution in [0.2, 0.25) is 0 Å². The second kappa shape index (κ2) is 8.39. The van der Waals surface area contributed by atoms with Gasteiger partial charge in [-0.05, 0) is 18.8 Å². The van der Waals surface area contributed by atoms with E-state index in [0.29, 0.717) is 13.0 Å². The highest BCUT2D eigenvalue weighted by atomic mass is 16.4. The molecule has 0 aromatic heterocycles. The molecule has 4 N–H and O–H groups in total. The number of nitrogens with one attached hydrogen (secondary N) is 3. The zero-order chi connectivity index (χ0) is 15.0. The fraction of sp³-hybridized carbons (Fsp3) is 0.769. The van der Waals surface area contributed by atoms with E-state index in [9.17, 15) is 14.4 Å². The summed E-state index contributed by atoms with van der Waals surface area (Å²) < 4.78 is 0. The summed E-state index contributed by atoms with van der Waals surface area (Å²) in [6.45, 7) is 0.626. The number of hydrogen-bond donors (Lipinski definition) is 4. The van der Waals surface area contributed by atoms with Gasteiger partial charge in [0.2, 0.25) is 5.91 Å². The number of amides is 3. The van der Waals surface area contributed by atoms with Gasteiger partial charge in [0.25, 0.3) is 0 Å². The molecule has 1 aliphatic carbocycles. The lowest BCUT2D eigenvalue weighted by molar-refractivity contribution is -0.144. The van der Waals surface area contributed by atoms with E-state index in [1.54, 1.807) is 0 Å². The van der Waals surface area contributed by atoms with Crippen LogP contribution < -0.4 is 16.0 Å². The van der Waals surface area contributed by atoms with Crippen molar-refractivity contribution in [3.05, 3.63) is 0 Å². The van der Waals surface area contributed by atoms with Gasteiger partial charge >= 0.3 is 12.0 Å². The third kappa shape index (κ3) is 5.46. The van der Waals surface area contributed by atoms with Crippen molar-refractivity contribution in [1.29, 1.82) is 0 Å². The fourth-order valence-electron chi connectivity index (χ4n) is 2.48. The molecule has 0 aromatic carbocycles. The number of urea groups is 1. The molecule has 7 heteroatoms. The second-order valence-electron chi connectivity index (χ2n) is 5.05. The van der Waals surface area contributed by atoms with Crippen LogP contribution in [0.15, 0.2) is 0 Å². The van der Waals surface area contributed by atoms with E-state index >= 15 is 0 Å². The molecule has 0 saturated heterocycles. The van der Waals surface area contributed by atoms with Crippen LogP contribution in [-0.4, -0.2) is 43.2 Å². The SMILES string of the molecule is CNC(=O)CCNC(=O)NCC1CCCCC1C(=O)O. The molecule has 0 aromatic rings. The number of rotatable bonds is 6. The Kier molecular flexibility index (Phi) is 6.83. The van der Waals surface area contributed by atoms with Crippen LogP contribution in [0.1, 0.15) is 32.1 Å². The first kappa shape index (κ1) is 16.3. The Morgan fingerprint density at radius 1 is 1.15 bits per heavy atom. The Hall–Kier alpha value is -1.79. The van der Waals surface area contributed by atoms with Crippen LogP contribution in [0, 0.1) is 11.8 Å². The van der Waals surface area contributed by atoms with Crippen LogP contribution in [0.3, 0.4) is 0 Å². The van der Waals surface area contributed by atoms with E-state index in [2.05, 4.69) is 16.0 Å². The molecule has 1 fully saturated rings. The standard InChI is InChI=1S/C13H23N3O4/c1-14-11(17)6-7-15-13(20)16-8-9-4-2-3-5-10(9)12(18)19/h9-10H,2-8H2,1H3,(H,14,17)(H,18,19)(H2,15,16,20). The molecule has 0 aliphatic heterocycles.